The van der Waals surface area contributed by atoms with Crippen LogP contribution in [0.15, 0.2) is 48.8 Å². The molecule has 1 aromatic carbocycles. The number of amides is 2. The van der Waals surface area contributed by atoms with Crippen LogP contribution in [-0.4, -0.2) is 74.4 Å². The summed E-state index contributed by atoms with van der Waals surface area (Å²) in [6.45, 7) is 2.51. The molecule has 0 bridgehead atoms. The maximum atomic E-state index is 13.2. The number of nitrogens with zero attached hydrogens (tertiary/aromatic N) is 5. The number of nitrogens with one attached hydrogen (secondary N) is 2. The number of hydrogen-bond donors (Lipinski definition) is 2. The summed E-state index contributed by atoms with van der Waals surface area (Å²) in [5.74, 6) is 1.05. The molecule has 3 aromatic rings. The summed E-state index contributed by atoms with van der Waals surface area (Å²) in [5.41, 5.74) is 3.06. The lowest BCUT2D eigenvalue weighted by Crippen LogP contribution is -2.49. The molecule has 2 aromatic heterocycles. The smallest absolute Gasteiger partial charge is 0.239 e. The number of likely N-dealkylation sites (N-methyl/N-ethyl adjacent to an activating group) is 1. The number of pyridine rings is 1. The van der Waals surface area contributed by atoms with E-state index in [4.69, 9.17) is 4.98 Å². The van der Waals surface area contributed by atoms with E-state index in [1.807, 2.05) is 37.4 Å². The first kappa shape index (κ1) is 23.4. The standard InChI is InChI=1S/C26H33N7O2/c1-31-19(9-10-24(34)28-15-18-6-5-12-27-14-18)16-29-26(35)25-22(31)11-13-33(25)17-23-30-20-7-3-4-8-21(20)32(23)2/h3-8,12,14,19,22,25H,9-11,13,15-17H2,1-2H3,(H,28,34)(H,29,35). The molecule has 9 heteroatoms. The van der Waals surface area contributed by atoms with Gasteiger partial charge in [0.15, 0.2) is 0 Å². The summed E-state index contributed by atoms with van der Waals surface area (Å²) < 4.78 is 2.12. The predicted octanol–water partition coefficient (Wildman–Crippen LogP) is 1.44. The molecule has 2 aliphatic rings. The summed E-state index contributed by atoms with van der Waals surface area (Å²) in [7, 11) is 4.13. The van der Waals surface area contributed by atoms with Crippen LogP contribution in [0.2, 0.25) is 0 Å². The third-order valence-corrected chi connectivity index (χ3v) is 7.49. The van der Waals surface area contributed by atoms with E-state index in [0.717, 1.165) is 35.4 Å². The minimum Gasteiger partial charge on any atom is -0.353 e. The van der Waals surface area contributed by atoms with Crippen LogP contribution in [0.25, 0.3) is 11.0 Å². The number of imidazole rings is 1. The number of carbonyl (C=O) groups is 2. The SMILES string of the molecule is CN1C(CCC(=O)NCc2cccnc2)CNC(=O)C2C1CCN2Cc1nc2ccccc2n1C. The highest BCUT2D eigenvalue weighted by atomic mass is 16.2. The number of rotatable bonds is 7. The summed E-state index contributed by atoms with van der Waals surface area (Å²) in [6, 6.07) is 11.9. The van der Waals surface area contributed by atoms with E-state index in [9.17, 15) is 9.59 Å². The average Bonchev–Trinajstić information content (AvgIpc) is 3.40. The van der Waals surface area contributed by atoms with Crippen molar-refractivity contribution in [3.05, 3.63) is 60.2 Å². The van der Waals surface area contributed by atoms with Gasteiger partial charge in [-0.2, -0.15) is 0 Å². The van der Waals surface area contributed by atoms with Gasteiger partial charge in [0.05, 0.1) is 17.6 Å². The highest BCUT2D eigenvalue weighted by Crippen LogP contribution is 2.29. The van der Waals surface area contributed by atoms with E-state index in [1.54, 1.807) is 12.4 Å². The van der Waals surface area contributed by atoms with Crippen molar-refractivity contribution < 1.29 is 9.59 Å². The zero-order chi connectivity index (χ0) is 24.4. The Labute approximate surface area is 205 Å². The molecule has 5 rings (SSSR count). The van der Waals surface area contributed by atoms with Crippen molar-refractivity contribution in [3.8, 4) is 0 Å². The molecule has 2 N–H and O–H groups in total. The van der Waals surface area contributed by atoms with Crippen molar-refractivity contribution in [1.29, 1.82) is 0 Å². The number of carbonyl (C=O) groups excluding carboxylic acids is 2. The van der Waals surface area contributed by atoms with E-state index >= 15 is 0 Å². The molecule has 184 valence electrons. The minimum atomic E-state index is -0.218. The molecular formula is C26H33N7O2. The van der Waals surface area contributed by atoms with Gasteiger partial charge in [-0.05, 0) is 43.7 Å². The quantitative estimate of drug-likeness (QED) is 0.537. The number of likely N-dealkylation sites (tertiary alicyclic amines) is 1. The van der Waals surface area contributed by atoms with E-state index in [-0.39, 0.29) is 29.9 Å². The normalized spacial score (nSPS) is 23.1. The van der Waals surface area contributed by atoms with Gasteiger partial charge in [-0.15, -0.1) is 0 Å². The summed E-state index contributed by atoms with van der Waals surface area (Å²) in [5, 5.41) is 6.12. The molecule has 0 aliphatic carbocycles. The van der Waals surface area contributed by atoms with E-state index in [0.29, 0.717) is 32.5 Å². The summed E-state index contributed by atoms with van der Waals surface area (Å²) in [4.78, 5) is 39.1. The second-order valence-corrected chi connectivity index (χ2v) is 9.59. The zero-order valence-corrected chi connectivity index (χ0v) is 20.4. The molecule has 2 amide bonds. The Kier molecular flexibility index (Phi) is 6.79. The Morgan fingerprint density at radius 1 is 1.20 bits per heavy atom. The second kappa shape index (κ2) is 10.1. The number of benzene rings is 1. The monoisotopic (exact) mass is 475 g/mol. The minimum absolute atomic E-state index is 0.0178. The summed E-state index contributed by atoms with van der Waals surface area (Å²) in [6.07, 6.45) is 5.52. The molecule has 4 heterocycles. The molecule has 0 spiro atoms. The van der Waals surface area contributed by atoms with Crippen LogP contribution >= 0.6 is 0 Å². The van der Waals surface area contributed by atoms with E-state index < -0.39 is 0 Å². The Morgan fingerprint density at radius 3 is 2.86 bits per heavy atom. The van der Waals surface area contributed by atoms with E-state index in [2.05, 4.69) is 43.1 Å². The Bertz CT molecular complexity index is 1190. The lowest BCUT2D eigenvalue weighted by Gasteiger charge is -2.33. The average molecular weight is 476 g/mol. The second-order valence-electron chi connectivity index (χ2n) is 9.59. The fourth-order valence-corrected chi connectivity index (χ4v) is 5.43. The molecule has 3 atom stereocenters. The number of hydrogen-bond acceptors (Lipinski definition) is 6. The van der Waals surface area contributed by atoms with Crippen molar-refractivity contribution in [2.24, 2.45) is 7.05 Å². The first-order valence-electron chi connectivity index (χ1n) is 12.3. The fourth-order valence-electron chi connectivity index (χ4n) is 5.43. The number of fused-ring (bicyclic) bond motifs is 2. The van der Waals surface area contributed by atoms with Crippen LogP contribution in [0.5, 0.6) is 0 Å². The molecule has 3 unspecified atom stereocenters. The topological polar surface area (TPSA) is 95.4 Å². The molecule has 0 radical (unpaired) electrons. The fraction of sp³-hybridized carbons (Fsp3) is 0.462. The largest absolute Gasteiger partial charge is 0.353 e. The van der Waals surface area contributed by atoms with Gasteiger partial charge in [-0.25, -0.2) is 4.98 Å². The predicted molar refractivity (Wildman–Crippen MR) is 133 cm³/mol. The van der Waals surface area contributed by atoms with E-state index in [1.165, 1.54) is 0 Å². The van der Waals surface area contributed by atoms with Crippen LogP contribution in [0.4, 0.5) is 0 Å². The molecule has 9 nitrogen and oxygen atoms in total. The van der Waals surface area contributed by atoms with Crippen molar-refractivity contribution in [2.45, 2.75) is 50.5 Å². The third-order valence-electron chi connectivity index (χ3n) is 7.49. The summed E-state index contributed by atoms with van der Waals surface area (Å²) >= 11 is 0. The highest BCUT2D eigenvalue weighted by molar-refractivity contribution is 5.83. The highest BCUT2D eigenvalue weighted by Gasteiger charge is 2.45. The van der Waals surface area contributed by atoms with Gasteiger partial charge in [-0.3, -0.25) is 24.4 Å². The number of aromatic nitrogens is 3. The Morgan fingerprint density at radius 2 is 2.06 bits per heavy atom. The number of aryl methyl sites for hydroxylation is 1. The van der Waals surface area contributed by atoms with Crippen LogP contribution in [0.3, 0.4) is 0 Å². The van der Waals surface area contributed by atoms with Crippen molar-refractivity contribution in [1.82, 2.24) is 35.0 Å². The van der Waals surface area contributed by atoms with Gasteiger partial charge in [0.25, 0.3) is 0 Å². The van der Waals surface area contributed by atoms with Gasteiger partial charge in [0, 0.05) is 57.6 Å². The Hall–Kier alpha value is -3.30. The first-order valence-corrected chi connectivity index (χ1v) is 12.3. The lowest BCUT2D eigenvalue weighted by molar-refractivity contribution is -0.126. The Balaban J connectivity index is 1.20. The van der Waals surface area contributed by atoms with Gasteiger partial charge in [0.2, 0.25) is 11.8 Å². The van der Waals surface area contributed by atoms with Crippen LogP contribution in [0, 0.1) is 0 Å². The van der Waals surface area contributed by atoms with Crippen LogP contribution in [0.1, 0.15) is 30.7 Å². The molecule has 2 aliphatic heterocycles. The zero-order valence-electron chi connectivity index (χ0n) is 20.4. The molecule has 2 fully saturated rings. The van der Waals surface area contributed by atoms with Crippen molar-refractivity contribution in [3.63, 3.8) is 0 Å². The lowest BCUT2D eigenvalue weighted by atomic mass is 10.0. The van der Waals surface area contributed by atoms with Gasteiger partial charge >= 0.3 is 0 Å². The van der Waals surface area contributed by atoms with Gasteiger partial charge < -0.3 is 15.2 Å². The van der Waals surface area contributed by atoms with Crippen molar-refractivity contribution in [2.75, 3.05) is 20.1 Å². The van der Waals surface area contributed by atoms with Crippen LogP contribution < -0.4 is 10.6 Å². The first-order chi connectivity index (χ1) is 17.0. The maximum Gasteiger partial charge on any atom is 0.239 e. The molecule has 2 saturated heterocycles. The number of para-hydroxylation sites is 2. The third kappa shape index (κ3) is 4.92. The van der Waals surface area contributed by atoms with Crippen LogP contribution in [-0.2, 0) is 29.7 Å². The van der Waals surface area contributed by atoms with Gasteiger partial charge in [-0.1, -0.05) is 18.2 Å². The van der Waals surface area contributed by atoms with Gasteiger partial charge in [0.1, 0.15) is 11.9 Å². The maximum absolute atomic E-state index is 13.2. The molecule has 0 saturated carbocycles. The molecule has 35 heavy (non-hydrogen) atoms. The molecular weight excluding hydrogens is 442 g/mol. The van der Waals surface area contributed by atoms with Crippen molar-refractivity contribution >= 4 is 22.8 Å².